The van der Waals surface area contributed by atoms with E-state index in [0.717, 1.165) is 16.7 Å². The van der Waals surface area contributed by atoms with E-state index in [2.05, 4.69) is 43.0 Å². The van der Waals surface area contributed by atoms with E-state index in [1.54, 1.807) is 0 Å². The van der Waals surface area contributed by atoms with Crippen molar-refractivity contribution < 1.29 is 4.48 Å². The minimum atomic E-state index is 0.889. The second-order valence-electron chi connectivity index (χ2n) is 4.07. The molecule has 1 aliphatic rings. The Bertz CT molecular complexity index is 367. The molecule has 2 nitrogen and oxygen atoms in total. The summed E-state index contributed by atoms with van der Waals surface area (Å²) in [7, 11) is 2.20. The summed E-state index contributed by atoms with van der Waals surface area (Å²) in [5.74, 6) is 0. The fourth-order valence-electron chi connectivity index (χ4n) is 1.70. The van der Waals surface area contributed by atoms with Crippen molar-refractivity contribution in [3.05, 3.63) is 55.0 Å². The Balaban J connectivity index is 1.93. The van der Waals surface area contributed by atoms with Crippen molar-refractivity contribution in [1.29, 1.82) is 0 Å². The fraction of sp³-hybridized carbons (Fsp3) is 0.231. The highest BCUT2D eigenvalue weighted by atomic mass is 15.3. The van der Waals surface area contributed by atoms with Crippen LogP contribution in [-0.4, -0.2) is 18.1 Å². The molecule has 0 radical (unpaired) electrons. The van der Waals surface area contributed by atoms with Crippen molar-refractivity contribution >= 4 is 5.69 Å². The van der Waals surface area contributed by atoms with Crippen LogP contribution >= 0.6 is 0 Å². The molecule has 1 unspecified atom stereocenters. The average molecular weight is 201 g/mol. The molecule has 2 rings (SSSR count). The highest BCUT2D eigenvalue weighted by molar-refractivity contribution is 5.44. The molecule has 0 saturated carbocycles. The fourth-order valence-corrected chi connectivity index (χ4v) is 1.70. The van der Waals surface area contributed by atoms with Crippen molar-refractivity contribution in [2.75, 3.05) is 18.9 Å². The maximum Gasteiger partial charge on any atom is 0.116 e. The standard InChI is InChI=1S/C13H17N2/c1-15(10-5-6-11-15)12-9-14-13-7-3-2-4-8-13/h2-5,7-10,12,14H,6,11H2,1H3/q+1. The summed E-state index contributed by atoms with van der Waals surface area (Å²) in [4.78, 5) is 0. The predicted molar refractivity (Wildman–Crippen MR) is 64.0 cm³/mol. The first-order valence-corrected chi connectivity index (χ1v) is 5.30. The Morgan fingerprint density at radius 2 is 2.07 bits per heavy atom. The second-order valence-corrected chi connectivity index (χ2v) is 4.07. The molecule has 1 aromatic rings. The Kier molecular flexibility index (Phi) is 2.88. The summed E-state index contributed by atoms with van der Waals surface area (Å²) in [6.07, 6.45) is 9.82. The van der Waals surface area contributed by atoms with E-state index in [-0.39, 0.29) is 0 Å². The van der Waals surface area contributed by atoms with Gasteiger partial charge in [-0.2, -0.15) is 0 Å². The number of anilines is 1. The SMILES string of the molecule is C[N+]1(C=CNc2ccccc2)C=CCC1. The van der Waals surface area contributed by atoms with Crippen LogP contribution in [0.25, 0.3) is 0 Å². The number of nitrogens with one attached hydrogen (secondary N) is 1. The predicted octanol–water partition coefficient (Wildman–Crippen LogP) is 2.93. The molecule has 78 valence electrons. The van der Waals surface area contributed by atoms with Crippen LogP contribution in [0.2, 0.25) is 0 Å². The van der Waals surface area contributed by atoms with Gasteiger partial charge in [0.15, 0.2) is 0 Å². The summed E-state index contributed by atoms with van der Waals surface area (Å²) in [5, 5.41) is 3.27. The average Bonchev–Trinajstić information content (AvgIpc) is 2.67. The Morgan fingerprint density at radius 3 is 2.73 bits per heavy atom. The third-order valence-electron chi connectivity index (χ3n) is 2.66. The molecule has 2 heteroatoms. The van der Waals surface area contributed by atoms with E-state index in [1.165, 1.54) is 6.42 Å². The Hall–Kier alpha value is -1.54. The highest BCUT2D eigenvalue weighted by Gasteiger charge is 2.18. The van der Waals surface area contributed by atoms with Gasteiger partial charge in [-0.25, -0.2) is 0 Å². The van der Waals surface area contributed by atoms with E-state index < -0.39 is 0 Å². The smallest absolute Gasteiger partial charge is 0.116 e. The first-order chi connectivity index (χ1) is 7.29. The molecule has 15 heavy (non-hydrogen) atoms. The van der Waals surface area contributed by atoms with Gasteiger partial charge in [0.2, 0.25) is 0 Å². The highest BCUT2D eigenvalue weighted by Crippen LogP contribution is 2.14. The molecule has 0 aromatic heterocycles. The lowest BCUT2D eigenvalue weighted by Gasteiger charge is -2.20. The topological polar surface area (TPSA) is 12.0 Å². The lowest BCUT2D eigenvalue weighted by Crippen LogP contribution is -2.29. The summed E-state index contributed by atoms with van der Waals surface area (Å²) >= 11 is 0. The zero-order valence-corrected chi connectivity index (χ0v) is 9.06. The molecule has 1 atom stereocenters. The molecule has 0 aliphatic carbocycles. The molecule has 1 N–H and O–H groups in total. The van der Waals surface area contributed by atoms with E-state index in [4.69, 9.17) is 0 Å². The molecule has 1 heterocycles. The van der Waals surface area contributed by atoms with Gasteiger partial charge >= 0.3 is 0 Å². The van der Waals surface area contributed by atoms with Gasteiger partial charge in [-0.05, 0) is 18.2 Å². The van der Waals surface area contributed by atoms with E-state index >= 15 is 0 Å². The lowest BCUT2D eigenvalue weighted by atomic mass is 10.3. The number of benzene rings is 1. The lowest BCUT2D eigenvalue weighted by molar-refractivity contribution is -0.800. The maximum absolute atomic E-state index is 3.27. The van der Waals surface area contributed by atoms with Crippen LogP contribution in [0.3, 0.4) is 0 Å². The van der Waals surface area contributed by atoms with Crippen LogP contribution in [0.1, 0.15) is 6.42 Å². The largest absolute Gasteiger partial charge is 0.357 e. The van der Waals surface area contributed by atoms with Crippen LogP contribution < -0.4 is 5.32 Å². The number of hydrogen-bond donors (Lipinski definition) is 1. The summed E-state index contributed by atoms with van der Waals surface area (Å²) in [6, 6.07) is 10.2. The first-order valence-electron chi connectivity index (χ1n) is 5.30. The van der Waals surface area contributed by atoms with Crippen LogP contribution in [0.4, 0.5) is 5.69 Å². The second kappa shape index (κ2) is 4.32. The third kappa shape index (κ3) is 2.70. The zero-order valence-electron chi connectivity index (χ0n) is 9.06. The molecule has 1 aromatic carbocycles. The molecule has 0 fully saturated rings. The van der Waals surface area contributed by atoms with Crippen molar-refractivity contribution in [3.63, 3.8) is 0 Å². The number of hydrogen-bond acceptors (Lipinski definition) is 1. The normalized spacial score (nSPS) is 24.9. The molecule has 0 spiro atoms. The molecular formula is C13H17N2+. The van der Waals surface area contributed by atoms with Crippen molar-refractivity contribution in [2.45, 2.75) is 6.42 Å². The number of rotatable bonds is 3. The van der Waals surface area contributed by atoms with Crippen molar-refractivity contribution in [3.8, 4) is 0 Å². The molecule has 0 amide bonds. The van der Waals surface area contributed by atoms with Crippen molar-refractivity contribution in [1.82, 2.24) is 0 Å². The third-order valence-corrected chi connectivity index (χ3v) is 2.66. The minimum Gasteiger partial charge on any atom is -0.357 e. The summed E-state index contributed by atoms with van der Waals surface area (Å²) < 4.78 is 0.889. The van der Waals surface area contributed by atoms with Crippen LogP contribution in [0.5, 0.6) is 0 Å². The molecule has 1 aliphatic heterocycles. The Morgan fingerprint density at radius 1 is 1.27 bits per heavy atom. The van der Waals surface area contributed by atoms with Crippen molar-refractivity contribution in [2.24, 2.45) is 0 Å². The number of nitrogens with zero attached hydrogens (tertiary/aromatic N) is 1. The van der Waals surface area contributed by atoms with Gasteiger partial charge in [-0.15, -0.1) is 0 Å². The van der Waals surface area contributed by atoms with Gasteiger partial charge in [-0.3, -0.25) is 4.48 Å². The summed E-state index contributed by atoms with van der Waals surface area (Å²) in [5.41, 5.74) is 1.13. The van der Waals surface area contributed by atoms with Gasteiger partial charge in [0.25, 0.3) is 0 Å². The first kappa shape index (κ1) is 9.99. The quantitative estimate of drug-likeness (QED) is 0.741. The van der Waals surface area contributed by atoms with Crippen LogP contribution in [0.15, 0.2) is 55.0 Å². The van der Waals surface area contributed by atoms with Gasteiger partial charge in [0, 0.05) is 12.1 Å². The van der Waals surface area contributed by atoms with Gasteiger partial charge < -0.3 is 5.32 Å². The van der Waals surface area contributed by atoms with E-state index in [9.17, 15) is 0 Å². The van der Waals surface area contributed by atoms with E-state index in [1.807, 2.05) is 24.4 Å². The molecule has 0 saturated heterocycles. The number of quaternary nitrogens is 1. The summed E-state index contributed by atoms with van der Waals surface area (Å²) in [6.45, 7) is 1.16. The van der Waals surface area contributed by atoms with Gasteiger partial charge in [-0.1, -0.05) is 18.2 Å². The molecule has 0 bridgehead atoms. The molecular weight excluding hydrogens is 184 g/mol. The van der Waals surface area contributed by atoms with E-state index in [0.29, 0.717) is 0 Å². The van der Waals surface area contributed by atoms with Gasteiger partial charge in [0.1, 0.15) is 6.20 Å². The zero-order chi connectivity index (χ0) is 10.6. The number of para-hydroxylation sites is 1. The maximum atomic E-state index is 3.27. The monoisotopic (exact) mass is 201 g/mol. The van der Waals surface area contributed by atoms with Gasteiger partial charge in [0.05, 0.1) is 26.0 Å². The Labute approximate surface area is 91.1 Å². The minimum absolute atomic E-state index is 0.889. The van der Waals surface area contributed by atoms with Crippen LogP contribution in [0, 0.1) is 0 Å². The van der Waals surface area contributed by atoms with Crippen LogP contribution in [-0.2, 0) is 0 Å².